The summed E-state index contributed by atoms with van der Waals surface area (Å²) in [6, 6.07) is -0.673. The highest BCUT2D eigenvalue weighted by Crippen LogP contribution is 2.32. The van der Waals surface area contributed by atoms with E-state index in [9.17, 15) is 26.3 Å². The molecule has 0 aromatic rings. The molecule has 0 saturated carbocycles. The van der Waals surface area contributed by atoms with Crippen molar-refractivity contribution in [1.82, 2.24) is 5.32 Å². The van der Waals surface area contributed by atoms with Gasteiger partial charge in [-0.2, -0.15) is 26.3 Å². The minimum atomic E-state index is -4.96. The first-order chi connectivity index (χ1) is 7.64. The van der Waals surface area contributed by atoms with Gasteiger partial charge in [-0.05, 0) is 6.08 Å². The van der Waals surface area contributed by atoms with Crippen LogP contribution in [0, 0.1) is 0 Å². The first-order valence-electron chi connectivity index (χ1n) is 4.09. The van der Waals surface area contributed by atoms with Crippen LogP contribution in [0.5, 0.6) is 0 Å². The number of ether oxygens (including phenoxy) is 1. The molecule has 0 aliphatic carbocycles. The summed E-state index contributed by atoms with van der Waals surface area (Å²) in [6.07, 6.45) is -9.71. The molecule has 1 rings (SSSR count). The molecule has 0 fully saturated rings. The van der Waals surface area contributed by atoms with Crippen molar-refractivity contribution in [2.24, 2.45) is 4.99 Å². The van der Waals surface area contributed by atoms with Crippen LogP contribution in [0.3, 0.4) is 0 Å². The van der Waals surface area contributed by atoms with E-state index in [2.05, 4.69) is 9.73 Å². The quantitative estimate of drug-likeness (QED) is 0.679. The monoisotopic (exact) mass is 260 g/mol. The zero-order valence-corrected chi connectivity index (χ0v) is 8.28. The largest absolute Gasteiger partial charge is 0.468 e. The molecule has 9 heteroatoms. The van der Waals surface area contributed by atoms with Crippen molar-refractivity contribution in [2.45, 2.75) is 12.4 Å². The lowest BCUT2D eigenvalue weighted by atomic mass is 10.2. The van der Waals surface area contributed by atoms with Crippen molar-refractivity contribution in [1.29, 1.82) is 0 Å². The number of amidine groups is 1. The summed E-state index contributed by atoms with van der Waals surface area (Å²) in [5.41, 5.74) is -3.12. The molecular weight excluding hydrogens is 254 g/mol. The fraction of sp³-hybridized carbons (Fsp3) is 0.375. The molecule has 3 nitrogen and oxygen atoms in total. The van der Waals surface area contributed by atoms with Gasteiger partial charge in [0.25, 0.3) is 6.02 Å². The Morgan fingerprint density at radius 3 is 2.12 bits per heavy atom. The summed E-state index contributed by atoms with van der Waals surface area (Å²) in [7, 11) is 0.978. The van der Waals surface area contributed by atoms with Gasteiger partial charge in [0.2, 0.25) is 0 Å². The zero-order valence-electron chi connectivity index (χ0n) is 8.28. The van der Waals surface area contributed by atoms with Crippen LogP contribution in [0.25, 0.3) is 0 Å². The molecule has 0 unspecified atom stereocenters. The minimum absolute atomic E-state index is 0.0739. The molecule has 1 aliphatic rings. The van der Waals surface area contributed by atoms with Crippen LogP contribution in [0.2, 0.25) is 0 Å². The molecule has 0 atom stereocenters. The highest BCUT2D eigenvalue weighted by atomic mass is 19.4. The smallest absolute Gasteiger partial charge is 0.431 e. The normalized spacial score (nSPS) is 17.5. The summed E-state index contributed by atoms with van der Waals surface area (Å²) in [4.78, 5) is 3.10. The molecule has 0 aromatic carbocycles. The number of nitrogens with one attached hydrogen (secondary N) is 1. The van der Waals surface area contributed by atoms with Crippen LogP contribution in [0.1, 0.15) is 0 Å². The maximum atomic E-state index is 12.4. The standard InChI is InChI=1S/C8H6F6N2O/c1-17-6-15-3-4(7(9,10)11)2-5(16-6)8(12,13)14/h2-3H,1H3,(H,15,16). The van der Waals surface area contributed by atoms with Crippen LogP contribution in [-0.4, -0.2) is 25.5 Å². The molecule has 0 radical (unpaired) electrons. The fourth-order valence-electron chi connectivity index (χ4n) is 0.916. The zero-order chi connectivity index (χ0) is 13.3. The number of hydrogen-bond donors (Lipinski definition) is 1. The van der Waals surface area contributed by atoms with Crippen LogP contribution in [0.15, 0.2) is 28.5 Å². The molecule has 1 N–H and O–H groups in total. The van der Waals surface area contributed by atoms with Crippen LogP contribution in [0.4, 0.5) is 26.3 Å². The fourth-order valence-corrected chi connectivity index (χ4v) is 0.916. The van der Waals surface area contributed by atoms with E-state index in [0.717, 1.165) is 7.11 Å². The molecule has 0 saturated heterocycles. The first kappa shape index (κ1) is 13.4. The van der Waals surface area contributed by atoms with Crippen LogP contribution in [-0.2, 0) is 4.74 Å². The van der Waals surface area contributed by atoms with Gasteiger partial charge in [-0.15, -0.1) is 0 Å². The summed E-state index contributed by atoms with van der Waals surface area (Å²) >= 11 is 0. The van der Waals surface area contributed by atoms with E-state index >= 15 is 0 Å². The lowest BCUT2D eigenvalue weighted by Gasteiger charge is -2.13. The van der Waals surface area contributed by atoms with Gasteiger partial charge >= 0.3 is 12.4 Å². The van der Waals surface area contributed by atoms with Gasteiger partial charge in [-0.3, -0.25) is 0 Å². The summed E-state index contributed by atoms with van der Waals surface area (Å²) in [6.45, 7) is 0. The molecular formula is C8H6F6N2O. The third-order valence-corrected chi connectivity index (χ3v) is 1.69. The first-order valence-corrected chi connectivity index (χ1v) is 4.09. The molecule has 1 aliphatic heterocycles. The Hall–Kier alpha value is -1.67. The SMILES string of the molecule is COC1=NC=C(C(F)(F)F)C=C(C(F)(F)F)N1. The number of hydrogen-bond acceptors (Lipinski definition) is 3. The van der Waals surface area contributed by atoms with Gasteiger partial charge in [0, 0.05) is 6.20 Å². The average molecular weight is 260 g/mol. The molecule has 17 heavy (non-hydrogen) atoms. The highest BCUT2D eigenvalue weighted by Gasteiger charge is 2.40. The second-order valence-corrected chi connectivity index (χ2v) is 2.90. The van der Waals surface area contributed by atoms with Gasteiger partial charge < -0.3 is 10.1 Å². The van der Waals surface area contributed by atoms with Crippen molar-refractivity contribution in [3.8, 4) is 0 Å². The maximum Gasteiger partial charge on any atom is 0.431 e. The Bertz CT molecular complexity index is 390. The minimum Gasteiger partial charge on any atom is -0.468 e. The molecule has 96 valence electrons. The van der Waals surface area contributed by atoms with E-state index in [1.807, 2.05) is 0 Å². The van der Waals surface area contributed by atoms with Crippen LogP contribution < -0.4 is 5.32 Å². The number of aliphatic imine (C=N–C) groups is 1. The summed E-state index contributed by atoms with van der Waals surface area (Å²) in [5.74, 6) is 0. The Morgan fingerprint density at radius 2 is 1.71 bits per heavy atom. The van der Waals surface area contributed by atoms with Crippen molar-refractivity contribution in [3.05, 3.63) is 23.5 Å². The Morgan fingerprint density at radius 1 is 1.12 bits per heavy atom. The van der Waals surface area contributed by atoms with E-state index < -0.39 is 29.6 Å². The molecule has 0 amide bonds. The van der Waals surface area contributed by atoms with Gasteiger partial charge in [-0.1, -0.05) is 0 Å². The number of nitrogens with zero attached hydrogens (tertiary/aromatic N) is 1. The van der Waals surface area contributed by atoms with E-state index in [1.165, 1.54) is 0 Å². The van der Waals surface area contributed by atoms with Gasteiger partial charge in [0.15, 0.2) is 0 Å². The number of rotatable bonds is 0. The lowest BCUT2D eigenvalue weighted by Crippen LogP contribution is -2.32. The number of methoxy groups -OCH3 is 1. The lowest BCUT2D eigenvalue weighted by molar-refractivity contribution is -0.0981. The van der Waals surface area contributed by atoms with Crippen molar-refractivity contribution >= 4 is 6.02 Å². The highest BCUT2D eigenvalue weighted by molar-refractivity contribution is 5.77. The Balaban J connectivity index is 3.21. The number of allylic oxidation sites excluding steroid dienone is 3. The third kappa shape index (κ3) is 3.40. The Kier molecular flexibility index (Phi) is 3.39. The molecule has 0 bridgehead atoms. The van der Waals surface area contributed by atoms with Gasteiger partial charge in [-0.25, -0.2) is 4.99 Å². The molecule has 0 spiro atoms. The van der Waals surface area contributed by atoms with Crippen molar-refractivity contribution in [3.63, 3.8) is 0 Å². The van der Waals surface area contributed by atoms with Gasteiger partial charge in [0.1, 0.15) is 5.70 Å². The average Bonchev–Trinajstić information content (AvgIpc) is 2.37. The number of alkyl halides is 6. The maximum absolute atomic E-state index is 12.4. The predicted octanol–water partition coefficient (Wildman–Crippen LogP) is 2.48. The van der Waals surface area contributed by atoms with E-state index in [0.29, 0.717) is 0 Å². The number of halogens is 6. The van der Waals surface area contributed by atoms with Gasteiger partial charge in [0.05, 0.1) is 12.7 Å². The Labute approximate surface area is 91.5 Å². The van der Waals surface area contributed by atoms with Crippen molar-refractivity contribution in [2.75, 3.05) is 7.11 Å². The topological polar surface area (TPSA) is 33.6 Å². The van der Waals surface area contributed by atoms with E-state index in [4.69, 9.17) is 0 Å². The summed E-state index contributed by atoms with van der Waals surface area (Å²) in [5, 5.41) is 1.62. The molecule has 1 heterocycles. The van der Waals surface area contributed by atoms with Crippen LogP contribution >= 0.6 is 0 Å². The van der Waals surface area contributed by atoms with E-state index in [-0.39, 0.29) is 12.3 Å². The molecule has 0 aromatic heterocycles. The second kappa shape index (κ2) is 4.30. The van der Waals surface area contributed by atoms with Crippen molar-refractivity contribution < 1.29 is 31.1 Å². The second-order valence-electron chi connectivity index (χ2n) is 2.90. The predicted molar refractivity (Wildman–Crippen MR) is 45.9 cm³/mol. The van der Waals surface area contributed by atoms with E-state index in [1.54, 1.807) is 5.32 Å². The third-order valence-electron chi connectivity index (χ3n) is 1.69. The summed E-state index contributed by atoms with van der Waals surface area (Å²) < 4.78 is 78.3.